The molecule has 0 radical (unpaired) electrons. The van der Waals surface area contributed by atoms with E-state index >= 15 is 0 Å². The maximum Gasteiger partial charge on any atom is 0.321 e. The summed E-state index contributed by atoms with van der Waals surface area (Å²) in [5.41, 5.74) is 1.29. The first-order valence-electron chi connectivity index (χ1n) is 8.65. The Morgan fingerprint density at radius 3 is 2.36 bits per heavy atom. The van der Waals surface area contributed by atoms with Crippen molar-refractivity contribution in [2.24, 2.45) is 0 Å². The molecule has 2 rings (SSSR count). The van der Waals surface area contributed by atoms with Gasteiger partial charge in [-0.2, -0.15) is 0 Å². The first kappa shape index (κ1) is 19.2. The van der Waals surface area contributed by atoms with Crippen molar-refractivity contribution in [1.29, 1.82) is 0 Å². The number of hydrogen-bond donors (Lipinski definition) is 2. The van der Waals surface area contributed by atoms with Gasteiger partial charge < -0.3 is 15.0 Å². The van der Waals surface area contributed by atoms with Gasteiger partial charge in [-0.25, -0.2) is 4.79 Å². The molecule has 7 nitrogen and oxygen atoms in total. The number of nitrogens with one attached hydrogen (secondary N) is 2. The highest BCUT2D eigenvalue weighted by atomic mass is 16.5. The van der Waals surface area contributed by atoms with Gasteiger partial charge in [-0.15, -0.1) is 0 Å². The van der Waals surface area contributed by atoms with Crippen LogP contribution < -0.4 is 15.4 Å². The predicted octanol–water partition coefficient (Wildman–Crippen LogP) is 0.699. The average Bonchev–Trinajstić information content (AvgIpc) is 2.66. The van der Waals surface area contributed by atoms with Crippen LogP contribution in [-0.4, -0.2) is 74.7 Å². The van der Waals surface area contributed by atoms with Crippen LogP contribution in [0.15, 0.2) is 24.3 Å². The molecule has 0 aliphatic carbocycles. The summed E-state index contributed by atoms with van der Waals surface area (Å²) < 4.78 is 5.17. The molecule has 1 unspecified atom stereocenters. The maximum absolute atomic E-state index is 12.0. The van der Waals surface area contributed by atoms with Gasteiger partial charge in [-0.05, 0) is 31.0 Å². The van der Waals surface area contributed by atoms with Crippen LogP contribution in [0.1, 0.15) is 12.5 Å². The number of rotatable bonds is 6. The highest BCUT2D eigenvalue weighted by molar-refractivity contribution is 5.96. The Labute approximate surface area is 149 Å². The molecule has 1 aliphatic rings. The third-order valence-electron chi connectivity index (χ3n) is 4.67. The second-order valence-corrected chi connectivity index (χ2v) is 6.22. The number of urea groups is 1. The number of carbonyl (C=O) groups excluding carboxylic acids is 2. The molecule has 138 valence electrons. The molecule has 1 fully saturated rings. The van der Waals surface area contributed by atoms with Crippen molar-refractivity contribution < 1.29 is 14.3 Å². The zero-order valence-electron chi connectivity index (χ0n) is 15.2. The predicted molar refractivity (Wildman–Crippen MR) is 96.8 cm³/mol. The smallest absolute Gasteiger partial charge is 0.321 e. The van der Waals surface area contributed by atoms with Crippen LogP contribution in [0.25, 0.3) is 0 Å². The summed E-state index contributed by atoms with van der Waals surface area (Å²) in [6.07, 6.45) is 0.997. The van der Waals surface area contributed by atoms with Crippen LogP contribution in [-0.2, 0) is 11.2 Å². The number of benzene rings is 1. The third kappa shape index (κ3) is 5.72. The molecule has 2 N–H and O–H groups in total. The van der Waals surface area contributed by atoms with Crippen molar-refractivity contribution >= 4 is 11.9 Å². The zero-order valence-corrected chi connectivity index (χ0v) is 15.2. The van der Waals surface area contributed by atoms with Crippen molar-refractivity contribution in [3.63, 3.8) is 0 Å². The van der Waals surface area contributed by atoms with Gasteiger partial charge in [0.05, 0.1) is 13.2 Å². The largest absolute Gasteiger partial charge is 0.497 e. The minimum absolute atomic E-state index is 0.258. The molecule has 0 saturated carbocycles. The summed E-state index contributed by atoms with van der Waals surface area (Å²) >= 11 is 0. The van der Waals surface area contributed by atoms with Crippen molar-refractivity contribution in [3.8, 4) is 5.75 Å². The minimum atomic E-state index is -0.463. The van der Waals surface area contributed by atoms with E-state index in [1.807, 2.05) is 19.1 Å². The van der Waals surface area contributed by atoms with Crippen molar-refractivity contribution in [2.75, 3.05) is 46.9 Å². The van der Waals surface area contributed by atoms with E-state index in [4.69, 9.17) is 4.74 Å². The van der Waals surface area contributed by atoms with Crippen molar-refractivity contribution in [2.45, 2.75) is 19.4 Å². The Kier molecular flexibility index (Phi) is 7.21. The third-order valence-corrected chi connectivity index (χ3v) is 4.67. The fourth-order valence-corrected chi connectivity index (χ4v) is 2.90. The van der Waals surface area contributed by atoms with Gasteiger partial charge in [0, 0.05) is 39.8 Å². The second kappa shape index (κ2) is 9.39. The number of methoxy groups -OCH3 is 1. The summed E-state index contributed by atoms with van der Waals surface area (Å²) in [4.78, 5) is 27.8. The van der Waals surface area contributed by atoms with Gasteiger partial charge >= 0.3 is 6.03 Å². The van der Waals surface area contributed by atoms with Crippen LogP contribution in [0.3, 0.4) is 0 Å². The van der Waals surface area contributed by atoms with Crippen LogP contribution in [0.4, 0.5) is 4.79 Å². The molecule has 1 heterocycles. The molecule has 0 spiro atoms. The molecular weight excluding hydrogens is 320 g/mol. The van der Waals surface area contributed by atoms with Crippen molar-refractivity contribution in [1.82, 2.24) is 20.4 Å². The topological polar surface area (TPSA) is 73.9 Å². The average molecular weight is 348 g/mol. The van der Waals surface area contributed by atoms with Crippen molar-refractivity contribution in [3.05, 3.63) is 29.8 Å². The lowest BCUT2D eigenvalue weighted by Gasteiger charge is -2.37. The van der Waals surface area contributed by atoms with Crippen LogP contribution >= 0.6 is 0 Å². The van der Waals surface area contributed by atoms with Gasteiger partial charge in [0.15, 0.2) is 0 Å². The quantitative estimate of drug-likeness (QED) is 0.792. The number of piperazine rings is 1. The molecule has 7 heteroatoms. The van der Waals surface area contributed by atoms with Gasteiger partial charge in [0.25, 0.3) is 0 Å². The monoisotopic (exact) mass is 348 g/mol. The zero-order chi connectivity index (χ0) is 18.2. The Hall–Kier alpha value is -2.12. The number of ether oxygens (including phenoxy) is 1. The van der Waals surface area contributed by atoms with E-state index < -0.39 is 6.03 Å². The molecule has 25 heavy (non-hydrogen) atoms. The molecule has 1 saturated heterocycles. The van der Waals surface area contributed by atoms with Crippen LogP contribution in [0, 0.1) is 0 Å². The van der Waals surface area contributed by atoms with E-state index in [9.17, 15) is 9.59 Å². The minimum Gasteiger partial charge on any atom is -0.497 e. The number of imide groups is 1. The molecule has 0 aromatic heterocycles. The van der Waals surface area contributed by atoms with E-state index in [1.165, 1.54) is 12.6 Å². The SMILES string of the molecule is CNC(=O)NC(=O)C(C)N1CCN(CCc2ccc(OC)cc2)CC1. The number of amides is 3. The Morgan fingerprint density at radius 2 is 1.80 bits per heavy atom. The summed E-state index contributed by atoms with van der Waals surface area (Å²) in [5, 5.41) is 4.73. The number of hydrogen-bond acceptors (Lipinski definition) is 5. The molecule has 0 bridgehead atoms. The van der Waals surface area contributed by atoms with Gasteiger partial charge in [-0.3, -0.25) is 15.0 Å². The number of carbonyl (C=O) groups is 2. The van der Waals surface area contributed by atoms with E-state index in [2.05, 4.69) is 32.6 Å². The van der Waals surface area contributed by atoms with E-state index in [0.717, 1.165) is 44.9 Å². The number of nitrogens with zero attached hydrogens (tertiary/aromatic N) is 2. The van der Waals surface area contributed by atoms with Gasteiger partial charge in [0.1, 0.15) is 5.75 Å². The second-order valence-electron chi connectivity index (χ2n) is 6.22. The lowest BCUT2D eigenvalue weighted by atomic mass is 10.1. The Balaban J connectivity index is 1.73. The van der Waals surface area contributed by atoms with E-state index in [0.29, 0.717) is 0 Å². The van der Waals surface area contributed by atoms with Crippen LogP contribution in [0.2, 0.25) is 0 Å². The normalized spacial score (nSPS) is 16.9. The van der Waals surface area contributed by atoms with Gasteiger partial charge in [0.2, 0.25) is 5.91 Å². The summed E-state index contributed by atoms with van der Waals surface area (Å²) in [6, 6.07) is 7.40. The van der Waals surface area contributed by atoms with E-state index in [1.54, 1.807) is 7.11 Å². The molecule has 3 amide bonds. The van der Waals surface area contributed by atoms with Gasteiger partial charge in [-0.1, -0.05) is 12.1 Å². The summed E-state index contributed by atoms with van der Waals surface area (Å²) in [5.74, 6) is 0.618. The standard InChI is InChI=1S/C18H28N4O3/c1-14(17(23)20-18(24)19-2)22-12-10-21(11-13-22)9-8-15-4-6-16(25-3)7-5-15/h4-7,14H,8-13H2,1-3H3,(H2,19,20,23,24). The molecular formula is C18H28N4O3. The fourth-order valence-electron chi connectivity index (χ4n) is 2.90. The first-order valence-corrected chi connectivity index (χ1v) is 8.65. The van der Waals surface area contributed by atoms with Crippen LogP contribution in [0.5, 0.6) is 5.75 Å². The molecule has 1 aliphatic heterocycles. The summed E-state index contributed by atoms with van der Waals surface area (Å²) in [7, 11) is 3.17. The highest BCUT2D eigenvalue weighted by Crippen LogP contribution is 2.13. The molecule has 1 aromatic rings. The lowest BCUT2D eigenvalue weighted by molar-refractivity contribution is -0.125. The first-order chi connectivity index (χ1) is 12.0. The highest BCUT2D eigenvalue weighted by Gasteiger charge is 2.26. The Morgan fingerprint density at radius 1 is 1.16 bits per heavy atom. The summed E-state index contributed by atoms with van der Waals surface area (Å²) in [6.45, 7) is 6.33. The molecule has 1 aromatic carbocycles. The maximum atomic E-state index is 12.0. The Bertz CT molecular complexity index is 568. The van der Waals surface area contributed by atoms with E-state index in [-0.39, 0.29) is 11.9 Å². The fraction of sp³-hybridized carbons (Fsp3) is 0.556. The molecule has 1 atom stereocenters. The lowest BCUT2D eigenvalue weighted by Crippen LogP contribution is -2.55.